The maximum absolute atomic E-state index is 13.3. The minimum atomic E-state index is -0.722. The van der Waals surface area contributed by atoms with Gasteiger partial charge in [-0.05, 0) is 69.2 Å². The molecule has 0 N–H and O–H groups in total. The number of carbonyl (C=O) groups is 2. The van der Waals surface area contributed by atoms with Gasteiger partial charge in [0.2, 0.25) is 0 Å². The lowest BCUT2D eigenvalue weighted by Crippen LogP contribution is -2.37. The molecule has 3 unspecified atom stereocenters. The Kier molecular flexibility index (Phi) is 9.93. The van der Waals surface area contributed by atoms with Gasteiger partial charge in [-0.2, -0.15) is 0 Å². The predicted molar refractivity (Wildman–Crippen MR) is 140 cm³/mol. The Morgan fingerprint density at radius 2 is 1.91 bits per heavy atom. The summed E-state index contributed by atoms with van der Waals surface area (Å²) in [6.07, 6.45) is 6.42. The predicted octanol–water partition coefficient (Wildman–Crippen LogP) is 6.12. The summed E-state index contributed by atoms with van der Waals surface area (Å²) in [6.45, 7) is 5.80. The van der Waals surface area contributed by atoms with Crippen LogP contribution in [0.15, 0.2) is 69.9 Å². The Labute approximate surface area is 216 Å². The summed E-state index contributed by atoms with van der Waals surface area (Å²) in [4.78, 5) is 36.4. The molecule has 0 radical (unpaired) electrons. The fraction of sp³-hybridized carbons (Fsp3) is 0.407. The van der Waals surface area contributed by atoms with Crippen LogP contribution in [-0.2, 0) is 19.1 Å². The molecule has 1 aromatic heterocycles. The van der Waals surface area contributed by atoms with Crippen LogP contribution in [-0.4, -0.2) is 42.1 Å². The minimum Gasteiger partial charge on any atom is -0.465 e. The molecule has 0 spiro atoms. The van der Waals surface area contributed by atoms with E-state index in [1.54, 1.807) is 38.0 Å². The summed E-state index contributed by atoms with van der Waals surface area (Å²) in [5.74, 6) is -2.17. The highest BCUT2D eigenvalue weighted by atomic mass is 35.5. The largest absolute Gasteiger partial charge is 0.465 e. The van der Waals surface area contributed by atoms with E-state index in [0.29, 0.717) is 29.8 Å². The Hall–Kier alpha value is -2.64. The van der Waals surface area contributed by atoms with Gasteiger partial charge in [-0.1, -0.05) is 18.2 Å². The van der Waals surface area contributed by atoms with Crippen LogP contribution in [0.25, 0.3) is 0 Å². The molecule has 186 valence electrons. The molecule has 35 heavy (non-hydrogen) atoms. The molecule has 1 aliphatic heterocycles. The molecule has 8 heteroatoms. The van der Waals surface area contributed by atoms with Gasteiger partial charge in [-0.15, -0.1) is 23.4 Å². The number of halogens is 1. The van der Waals surface area contributed by atoms with E-state index >= 15 is 0 Å². The Morgan fingerprint density at radius 3 is 2.57 bits per heavy atom. The maximum Gasteiger partial charge on any atom is 0.336 e. The van der Waals surface area contributed by atoms with Gasteiger partial charge in [0.05, 0.1) is 29.9 Å². The molecule has 0 aliphatic carbocycles. The van der Waals surface area contributed by atoms with Crippen LogP contribution in [0.4, 0.5) is 0 Å². The number of aromatic nitrogens is 1. The Morgan fingerprint density at radius 1 is 1.14 bits per heavy atom. The number of esters is 2. The average molecular weight is 515 g/mol. The summed E-state index contributed by atoms with van der Waals surface area (Å²) >= 11 is 8.26. The molecular formula is C27H31ClN2O4S. The smallest absolute Gasteiger partial charge is 0.336 e. The van der Waals surface area contributed by atoms with Gasteiger partial charge in [0.15, 0.2) is 0 Å². The fourth-order valence-electron chi connectivity index (χ4n) is 4.30. The molecule has 0 fully saturated rings. The van der Waals surface area contributed by atoms with Crippen LogP contribution in [0.3, 0.4) is 0 Å². The highest BCUT2D eigenvalue weighted by Crippen LogP contribution is 2.43. The monoisotopic (exact) mass is 514 g/mol. The van der Waals surface area contributed by atoms with Crippen LogP contribution >= 0.6 is 23.4 Å². The highest BCUT2D eigenvalue weighted by molar-refractivity contribution is 7.98. The van der Waals surface area contributed by atoms with Gasteiger partial charge in [-0.25, -0.2) is 4.79 Å². The zero-order valence-electron chi connectivity index (χ0n) is 20.5. The van der Waals surface area contributed by atoms with Crippen LogP contribution in [0.5, 0.6) is 0 Å². The van der Waals surface area contributed by atoms with Crippen molar-refractivity contribution in [2.24, 2.45) is 10.9 Å². The molecule has 3 rings (SSSR count). The maximum atomic E-state index is 13.3. The lowest BCUT2D eigenvalue weighted by molar-refractivity contribution is -0.146. The standard InChI is InChI=1S/C27H31ClN2O4S/c1-5-33-26(31)23-17(3)30-22(13-12-21(28)19-10-8-14-29-16-19)25(27(32)34-6-2)24(23)18-9-7-11-20(15-18)35-4/h7-11,14-16,21,23-24H,5-6,12-13H2,1-4H3. The second-order valence-corrected chi connectivity index (χ2v) is 9.52. The second kappa shape index (κ2) is 12.9. The molecule has 1 aromatic carbocycles. The third kappa shape index (κ3) is 6.53. The minimum absolute atomic E-state index is 0.216. The van der Waals surface area contributed by atoms with E-state index in [-0.39, 0.29) is 18.6 Å². The number of aliphatic imine (C=N–C) groups is 1. The molecule has 1 aliphatic rings. The van der Waals surface area contributed by atoms with Gasteiger partial charge in [0.1, 0.15) is 5.92 Å². The van der Waals surface area contributed by atoms with Crippen molar-refractivity contribution in [2.75, 3.05) is 19.5 Å². The van der Waals surface area contributed by atoms with E-state index in [1.165, 1.54) is 0 Å². The highest BCUT2D eigenvalue weighted by Gasteiger charge is 2.43. The van der Waals surface area contributed by atoms with Gasteiger partial charge >= 0.3 is 11.9 Å². The van der Waals surface area contributed by atoms with E-state index in [0.717, 1.165) is 16.0 Å². The van der Waals surface area contributed by atoms with Crippen molar-refractivity contribution in [1.29, 1.82) is 0 Å². The first-order valence-corrected chi connectivity index (χ1v) is 13.4. The first-order valence-electron chi connectivity index (χ1n) is 11.7. The average Bonchev–Trinajstić information content (AvgIpc) is 2.87. The molecule has 0 amide bonds. The third-order valence-corrected chi connectivity index (χ3v) is 7.08. The van der Waals surface area contributed by atoms with Crippen molar-refractivity contribution in [3.05, 3.63) is 71.2 Å². The number of hydrogen-bond acceptors (Lipinski definition) is 7. The van der Waals surface area contributed by atoms with Crippen LogP contribution in [0.2, 0.25) is 0 Å². The summed E-state index contributed by atoms with van der Waals surface area (Å²) in [5.41, 5.74) is 3.34. The SMILES string of the molecule is CCOC(=O)C1=C(CCC(Cl)c2cccnc2)N=C(C)C(C(=O)OCC)C1c1cccc(SC)c1. The summed E-state index contributed by atoms with van der Waals surface area (Å²) in [7, 11) is 0. The van der Waals surface area contributed by atoms with E-state index in [4.69, 9.17) is 26.1 Å². The normalized spacial score (nSPS) is 18.6. The molecule has 2 heterocycles. The molecule has 0 saturated carbocycles. The fourth-order valence-corrected chi connectivity index (χ4v) is 5.01. The van der Waals surface area contributed by atoms with Crippen molar-refractivity contribution >= 4 is 41.0 Å². The number of nitrogens with zero attached hydrogens (tertiary/aromatic N) is 2. The second-order valence-electron chi connectivity index (χ2n) is 8.11. The molecule has 3 atom stereocenters. The Balaban J connectivity index is 2.10. The molecule has 2 aromatic rings. The Bertz CT molecular complexity index is 1100. The van der Waals surface area contributed by atoms with Gasteiger partial charge < -0.3 is 9.47 Å². The number of ether oxygens (including phenoxy) is 2. The van der Waals surface area contributed by atoms with Crippen LogP contribution in [0.1, 0.15) is 56.0 Å². The van der Waals surface area contributed by atoms with E-state index in [1.807, 2.05) is 49.6 Å². The number of carbonyl (C=O) groups excluding carboxylic acids is 2. The number of benzene rings is 1. The quantitative estimate of drug-likeness (QED) is 0.216. The first-order chi connectivity index (χ1) is 16.9. The van der Waals surface area contributed by atoms with E-state index in [9.17, 15) is 9.59 Å². The lowest BCUT2D eigenvalue weighted by Gasteiger charge is -2.32. The number of allylic oxidation sites excluding steroid dienone is 1. The number of hydrogen-bond donors (Lipinski definition) is 0. The van der Waals surface area contributed by atoms with Crippen molar-refractivity contribution in [3.63, 3.8) is 0 Å². The molecule has 0 bridgehead atoms. The molecular weight excluding hydrogens is 484 g/mol. The number of alkyl halides is 1. The van der Waals surface area contributed by atoms with Crippen molar-refractivity contribution < 1.29 is 19.1 Å². The summed E-state index contributed by atoms with van der Waals surface area (Å²) in [6, 6.07) is 11.6. The van der Waals surface area contributed by atoms with Crippen LogP contribution < -0.4 is 0 Å². The summed E-state index contributed by atoms with van der Waals surface area (Å²) < 4.78 is 10.9. The third-order valence-electron chi connectivity index (χ3n) is 5.89. The topological polar surface area (TPSA) is 77.9 Å². The van der Waals surface area contributed by atoms with Gasteiger partial charge in [-0.3, -0.25) is 14.8 Å². The number of rotatable bonds is 10. The van der Waals surface area contributed by atoms with Crippen molar-refractivity contribution in [3.8, 4) is 0 Å². The zero-order chi connectivity index (χ0) is 25.4. The molecule has 0 saturated heterocycles. The zero-order valence-corrected chi connectivity index (χ0v) is 22.1. The number of pyridine rings is 1. The summed E-state index contributed by atoms with van der Waals surface area (Å²) in [5, 5.41) is -0.295. The van der Waals surface area contributed by atoms with Crippen molar-refractivity contribution in [1.82, 2.24) is 4.98 Å². The van der Waals surface area contributed by atoms with Gasteiger partial charge in [0.25, 0.3) is 0 Å². The van der Waals surface area contributed by atoms with Gasteiger partial charge in [0, 0.05) is 28.9 Å². The van der Waals surface area contributed by atoms with E-state index < -0.39 is 23.8 Å². The van der Waals surface area contributed by atoms with Crippen LogP contribution in [0, 0.1) is 5.92 Å². The first kappa shape index (κ1) is 27.0. The molecule has 6 nitrogen and oxygen atoms in total. The number of thioether (sulfide) groups is 1. The van der Waals surface area contributed by atoms with E-state index in [2.05, 4.69) is 4.98 Å². The van der Waals surface area contributed by atoms with Crippen molar-refractivity contribution in [2.45, 2.75) is 49.8 Å². The lowest BCUT2D eigenvalue weighted by atomic mass is 9.75.